The molecule has 27 heavy (non-hydrogen) atoms. The fourth-order valence-corrected chi connectivity index (χ4v) is 3.18. The molecule has 136 valence electrons. The number of rotatable bonds is 3. The number of pyridine rings is 1. The Morgan fingerprint density at radius 1 is 1.22 bits per heavy atom. The Kier molecular flexibility index (Phi) is 3.99. The summed E-state index contributed by atoms with van der Waals surface area (Å²) in [6.07, 6.45) is 0. The van der Waals surface area contributed by atoms with Gasteiger partial charge in [-0.05, 0) is 37.6 Å². The van der Waals surface area contributed by atoms with Gasteiger partial charge in [0.1, 0.15) is 17.1 Å². The zero-order chi connectivity index (χ0) is 19.1. The van der Waals surface area contributed by atoms with Gasteiger partial charge in [-0.25, -0.2) is 4.39 Å². The molecule has 7 heteroatoms. The predicted molar refractivity (Wildman–Crippen MR) is 99.0 cm³/mol. The number of benzene rings is 2. The zero-order valence-corrected chi connectivity index (χ0v) is 14.7. The number of aromatic hydroxyl groups is 1. The molecular formula is C20H16FN3O3. The van der Waals surface area contributed by atoms with Crippen molar-refractivity contribution < 1.29 is 14.0 Å². The highest BCUT2D eigenvalue weighted by molar-refractivity contribution is 5.91. The molecular weight excluding hydrogens is 349 g/mol. The minimum absolute atomic E-state index is 0.107. The van der Waals surface area contributed by atoms with Crippen molar-refractivity contribution in [3.8, 4) is 28.6 Å². The van der Waals surface area contributed by atoms with Gasteiger partial charge in [0, 0.05) is 17.5 Å². The molecule has 0 saturated heterocycles. The molecule has 2 heterocycles. The molecule has 0 amide bonds. The maximum atomic E-state index is 13.7. The fourth-order valence-electron chi connectivity index (χ4n) is 3.18. The number of aromatic nitrogens is 3. The van der Waals surface area contributed by atoms with E-state index in [1.54, 1.807) is 6.92 Å². The van der Waals surface area contributed by atoms with Crippen molar-refractivity contribution in [3.05, 3.63) is 64.2 Å². The molecule has 4 rings (SSSR count). The molecule has 0 fully saturated rings. The van der Waals surface area contributed by atoms with E-state index < -0.39 is 11.4 Å². The summed E-state index contributed by atoms with van der Waals surface area (Å²) in [5.74, 6) is -0.691. The van der Waals surface area contributed by atoms with Gasteiger partial charge >= 0.3 is 0 Å². The Morgan fingerprint density at radius 3 is 2.74 bits per heavy atom. The monoisotopic (exact) mass is 365 g/mol. The molecule has 0 spiro atoms. The standard InChI is InChI=1S/C20H16FN3O3/c1-3-24-15-9-8-12(21)10-14(15)17(25)16(20(24)26)19-22-18(23-27-19)13-7-5-4-6-11(13)2/h4-10,25H,3H2,1-2H3. The van der Waals surface area contributed by atoms with Crippen LogP contribution in [0.1, 0.15) is 12.5 Å². The Balaban J connectivity index is 1.98. The maximum absolute atomic E-state index is 13.7. The van der Waals surface area contributed by atoms with Crippen molar-refractivity contribution in [1.82, 2.24) is 14.7 Å². The second-order valence-corrected chi connectivity index (χ2v) is 6.17. The zero-order valence-electron chi connectivity index (χ0n) is 14.7. The molecule has 0 atom stereocenters. The summed E-state index contributed by atoms with van der Waals surface area (Å²) in [6, 6.07) is 11.4. The molecule has 4 aromatic rings. The number of halogens is 1. The van der Waals surface area contributed by atoms with Gasteiger partial charge in [-0.3, -0.25) is 4.79 Å². The quantitative estimate of drug-likeness (QED) is 0.596. The lowest BCUT2D eigenvalue weighted by Gasteiger charge is -2.11. The van der Waals surface area contributed by atoms with Crippen LogP contribution >= 0.6 is 0 Å². The third-order valence-electron chi connectivity index (χ3n) is 4.54. The number of aryl methyl sites for hydroxylation is 2. The third-order valence-corrected chi connectivity index (χ3v) is 4.54. The van der Waals surface area contributed by atoms with Gasteiger partial charge in [-0.2, -0.15) is 4.98 Å². The maximum Gasteiger partial charge on any atom is 0.267 e. The van der Waals surface area contributed by atoms with Gasteiger partial charge in [0.15, 0.2) is 0 Å². The van der Waals surface area contributed by atoms with Crippen molar-refractivity contribution >= 4 is 10.9 Å². The van der Waals surface area contributed by atoms with E-state index in [-0.39, 0.29) is 22.6 Å². The fraction of sp³-hybridized carbons (Fsp3) is 0.150. The topological polar surface area (TPSA) is 81.2 Å². The van der Waals surface area contributed by atoms with E-state index in [0.29, 0.717) is 17.9 Å². The van der Waals surface area contributed by atoms with Gasteiger partial charge in [0.25, 0.3) is 11.4 Å². The Morgan fingerprint density at radius 2 is 2.00 bits per heavy atom. The van der Waals surface area contributed by atoms with E-state index in [0.717, 1.165) is 11.1 Å². The molecule has 0 aliphatic heterocycles. The molecule has 0 radical (unpaired) electrons. The van der Waals surface area contributed by atoms with Crippen molar-refractivity contribution in [1.29, 1.82) is 0 Å². The summed E-state index contributed by atoms with van der Waals surface area (Å²) in [5.41, 5.74) is 1.52. The highest BCUT2D eigenvalue weighted by Gasteiger charge is 2.23. The van der Waals surface area contributed by atoms with Crippen LogP contribution in [0.2, 0.25) is 0 Å². The number of hydrogen-bond acceptors (Lipinski definition) is 5. The molecule has 2 aromatic carbocycles. The molecule has 6 nitrogen and oxygen atoms in total. The average molecular weight is 365 g/mol. The van der Waals surface area contributed by atoms with E-state index >= 15 is 0 Å². The van der Waals surface area contributed by atoms with Gasteiger partial charge < -0.3 is 14.2 Å². The second-order valence-electron chi connectivity index (χ2n) is 6.17. The SMILES string of the molecule is CCn1c(=O)c(-c2nc(-c3ccccc3C)no2)c(O)c2cc(F)ccc21. The summed E-state index contributed by atoms with van der Waals surface area (Å²) in [6.45, 7) is 4.04. The molecule has 0 bridgehead atoms. The minimum Gasteiger partial charge on any atom is -0.506 e. The largest absolute Gasteiger partial charge is 0.506 e. The summed E-state index contributed by atoms with van der Waals surface area (Å²) in [4.78, 5) is 17.2. The van der Waals surface area contributed by atoms with Crippen molar-refractivity contribution in [2.45, 2.75) is 20.4 Å². The van der Waals surface area contributed by atoms with E-state index in [1.807, 2.05) is 31.2 Å². The molecule has 0 unspecified atom stereocenters. The van der Waals surface area contributed by atoms with Crippen LogP contribution in [0, 0.1) is 12.7 Å². The molecule has 0 saturated carbocycles. The van der Waals surface area contributed by atoms with Crippen molar-refractivity contribution in [2.75, 3.05) is 0 Å². The van der Waals surface area contributed by atoms with Crippen molar-refractivity contribution in [2.24, 2.45) is 0 Å². The highest BCUT2D eigenvalue weighted by atomic mass is 19.1. The van der Waals surface area contributed by atoms with E-state index in [1.165, 1.54) is 22.8 Å². The van der Waals surface area contributed by atoms with Crippen LogP contribution < -0.4 is 5.56 Å². The highest BCUT2D eigenvalue weighted by Crippen LogP contribution is 2.33. The first-order valence-electron chi connectivity index (χ1n) is 8.46. The Labute approximate surface area is 153 Å². The first-order valence-corrected chi connectivity index (χ1v) is 8.46. The number of fused-ring (bicyclic) bond motifs is 1. The average Bonchev–Trinajstić information content (AvgIpc) is 3.12. The summed E-state index contributed by atoms with van der Waals surface area (Å²) < 4.78 is 20.4. The molecule has 1 N–H and O–H groups in total. The molecule has 2 aromatic heterocycles. The lowest BCUT2D eigenvalue weighted by atomic mass is 10.1. The van der Waals surface area contributed by atoms with E-state index in [2.05, 4.69) is 10.1 Å². The minimum atomic E-state index is -0.517. The normalized spacial score (nSPS) is 11.2. The smallest absolute Gasteiger partial charge is 0.267 e. The van der Waals surface area contributed by atoms with E-state index in [4.69, 9.17) is 4.52 Å². The summed E-state index contributed by atoms with van der Waals surface area (Å²) in [5, 5.41) is 14.8. The number of hydrogen-bond donors (Lipinski definition) is 1. The van der Waals surface area contributed by atoms with E-state index in [9.17, 15) is 14.3 Å². The van der Waals surface area contributed by atoms with Crippen LogP contribution in [0.15, 0.2) is 51.8 Å². The Bertz CT molecular complexity index is 1230. The third kappa shape index (κ3) is 2.68. The Hall–Kier alpha value is -3.48. The molecule has 0 aliphatic rings. The van der Waals surface area contributed by atoms with Crippen molar-refractivity contribution in [3.63, 3.8) is 0 Å². The van der Waals surface area contributed by atoms with Crippen LogP contribution in [-0.2, 0) is 6.54 Å². The molecule has 0 aliphatic carbocycles. The first-order chi connectivity index (χ1) is 13.0. The van der Waals surface area contributed by atoms with Gasteiger partial charge in [-0.15, -0.1) is 0 Å². The predicted octanol–water partition coefficient (Wildman–Crippen LogP) is 3.89. The van der Waals surface area contributed by atoms with Crippen LogP contribution in [0.4, 0.5) is 4.39 Å². The van der Waals surface area contributed by atoms with Gasteiger partial charge in [-0.1, -0.05) is 29.4 Å². The van der Waals surface area contributed by atoms with Crippen LogP contribution in [0.25, 0.3) is 33.7 Å². The number of nitrogens with zero attached hydrogens (tertiary/aromatic N) is 3. The van der Waals surface area contributed by atoms with Gasteiger partial charge in [0.2, 0.25) is 5.82 Å². The lowest BCUT2D eigenvalue weighted by molar-refractivity contribution is 0.425. The second kappa shape index (κ2) is 6.35. The lowest BCUT2D eigenvalue weighted by Crippen LogP contribution is -2.21. The van der Waals surface area contributed by atoms with Crippen LogP contribution in [0.5, 0.6) is 5.75 Å². The van der Waals surface area contributed by atoms with Crippen LogP contribution in [0.3, 0.4) is 0 Å². The van der Waals surface area contributed by atoms with Gasteiger partial charge in [0.05, 0.1) is 5.52 Å². The summed E-state index contributed by atoms with van der Waals surface area (Å²) in [7, 11) is 0. The first kappa shape index (κ1) is 17.0. The van der Waals surface area contributed by atoms with Crippen LogP contribution in [-0.4, -0.2) is 19.8 Å². The summed E-state index contributed by atoms with van der Waals surface area (Å²) >= 11 is 0.